The molecule has 0 aliphatic heterocycles. The lowest BCUT2D eigenvalue weighted by Crippen LogP contribution is -1.98. The number of allylic oxidation sites excluding steroid dienone is 2. The van der Waals surface area contributed by atoms with Crippen LogP contribution < -0.4 is 10.5 Å². The molecule has 0 aromatic heterocycles. The highest BCUT2D eigenvalue weighted by atomic mass is 16.5. The fraction of sp³-hybridized carbons (Fsp3) is 0.154. The van der Waals surface area contributed by atoms with Crippen LogP contribution in [0.25, 0.3) is 0 Å². The molecule has 3 N–H and O–H groups in total. The Morgan fingerprint density at radius 2 is 2.21 bits per heavy atom. The smallest absolute Gasteiger partial charge is 0.174 e. The van der Waals surface area contributed by atoms with Crippen LogP contribution in [0.5, 0.6) is 11.5 Å². The first-order chi connectivity index (χ1) is 9.12. The van der Waals surface area contributed by atoms with Gasteiger partial charge < -0.3 is 15.6 Å². The maximum absolute atomic E-state index is 9.52. The number of hydrogen-bond acceptors (Lipinski definition) is 6. The van der Waals surface area contributed by atoms with E-state index in [4.69, 9.17) is 21.0 Å². The average molecular weight is 256 g/mol. The fourth-order valence-electron chi connectivity index (χ4n) is 1.23. The van der Waals surface area contributed by atoms with Crippen LogP contribution in [-0.4, -0.2) is 17.9 Å². The summed E-state index contributed by atoms with van der Waals surface area (Å²) in [5, 5.41) is 26.9. The summed E-state index contributed by atoms with van der Waals surface area (Å²) in [4.78, 5) is 3.82. The van der Waals surface area contributed by atoms with E-state index in [1.54, 1.807) is 31.2 Å². The zero-order valence-corrected chi connectivity index (χ0v) is 10.3. The maximum Gasteiger partial charge on any atom is 0.174 e. The Morgan fingerprint density at radius 1 is 1.47 bits per heavy atom. The number of aromatic hydroxyl groups is 1. The van der Waals surface area contributed by atoms with Crippen molar-refractivity contribution < 1.29 is 9.84 Å². The summed E-state index contributed by atoms with van der Waals surface area (Å²) in [5.74, 6) is 0.341. The van der Waals surface area contributed by atoms with Gasteiger partial charge in [0.15, 0.2) is 17.2 Å². The van der Waals surface area contributed by atoms with Gasteiger partial charge in [0.05, 0.1) is 6.61 Å². The highest BCUT2D eigenvalue weighted by molar-refractivity contribution is 5.82. The molecule has 0 spiro atoms. The van der Waals surface area contributed by atoms with Gasteiger partial charge in [0.2, 0.25) is 0 Å². The Bertz CT molecular complexity index is 606. The van der Waals surface area contributed by atoms with Crippen molar-refractivity contribution in [1.29, 1.82) is 10.5 Å². The van der Waals surface area contributed by atoms with E-state index in [9.17, 15) is 5.11 Å². The van der Waals surface area contributed by atoms with Crippen molar-refractivity contribution in [3.63, 3.8) is 0 Å². The van der Waals surface area contributed by atoms with Gasteiger partial charge in [-0.1, -0.05) is 0 Å². The van der Waals surface area contributed by atoms with E-state index in [1.165, 1.54) is 12.3 Å². The second-order valence-corrected chi connectivity index (χ2v) is 3.40. The van der Waals surface area contributed by atoms with E-state index in [2.05, 4.69) is 4.99 Å². The summed E-state index contributed by atoms with van der Waals surface area (Å²) in [7, 11) is 0. The molecular weight excluding hydrogens is 244 g/mol. The van der Waals surface area contributed by atoms with Gasteiger partial charge in [-0.15, -0.1) is 0 Å². The van der Waals surface area contributed by atoms with Crippen LogP contribution >= 0.6 is 0 Å². The van der Waals surface area contributed by atoms with Crippen molar-refractivity contribution in [3.05, 3.63) is 35.2 Å². The number of nitriles is 2. The first-order valence-electron chi connectivity index (χ1n) is 5.42. The lowest BCUT2D eigenvalue weighted by molar-refractivity contribution is 0.318. The van der Waals surface area contributed by atoms with Gasteiger partial charge in [0.25, 0.3) is 0 Å². The summed E-state index contributed by atoms with van der Waals surface area (Å²) in [6.45, 7) is 2.21. The largest absolute Gasteiger partial charge is 0.504 e. The van der Waals surface area contributed by atoms with Crippen LogP contribution in [0.3, 0.4) is 0 Å². The zero-order valence-electron chi connectivity index (χ0n) is 10.3. The van der Waals surface area contributed by atoms with Crippen molar-refractivity contribution in [2.45, 2.75) is 6.92 Å². The van der Waals surface area contributed by atoms with Crippen molar-refractivity contribution in [2.75, 3.05) is 6.61 Å². The van der Waals surface area contributed by atoms with Crippen LogP contribution in [0.15, 0.2) is 34.6 Å². The molecule has 6 heteroatoms. The predicted octanol–water partition coefficient (Wildman–Crippen LogP) is 1.43. The summed E-state index contributed by atoms with van der Waals surface area (Å²) >= 11 is 0. The number of ether oxygens (including phenoxy) is 1. The number of nitrogens with zero attached hydrogens (tertiary/aromatic N) is 3. The van der Waals surface area contributed by atoms with Crippen molar-refractivity contribution >= 4 is 6.21 Å². The monoisotopic (exact) mass is 256 g/mol. The molecule has 96 valence electrons. The third kappa shape index (κ3) is 3.76. The fourth-order valence-corrected chi connectivity index (χ4v) is 1.23. The SMILES string of the molecule is CCOc1cc(C=NC(C#N)=C(N)C#N)ccc1O. The number of benzene rings is 1. The van der Waals surface area contributed by atoms with Gasteiger partial charge in [-0.3, -0.25) is 0 Å². The summed E-state index contributed by atoms with van der Waals surface area (Å²) < 4.78 is 5.21. The maximum atomic E-state index is 9.52. The lowest BCUT2D eigenvalue weighted by atomic mass is 10.2. The molecule has 1 rings (SSSR count). The molecule has 0 radical (unpaired) electrons. The van der Waals surface area contributed by atoms with Gasteiger partial charge in [0, 0.05) is 6.21 Å². The quantitative estimate of drug-likeness (QED) is 0.624. The van der Waals surface area contributed by atoms with Crippen molar-refractivity contribution in [2.24, 2.45) is 10.7 Å². The number of phenols is 1. The molecule has 0 atom stereocenters. The highest BCUT2D eigenvalue weighted by Gasteiger charge is 2.03. The Hall–Kier alpha value is -2.99. The van der Waals surface area contributed by atoms with Crippen LogP contribution in [-0.2, 0) is 0 Å². The van der Waals surface area contributed by atoms with Gasteiger partial charge in [-0.2, -0.15) is 10.5 Å². The van der Waals surface area contributed by atoms with Gasteiger partial charge in [-0.05, 0) is 30.7 Å². The van der Waals surface area contributed by atoms with E-state index in [0.717, 1.165) is 0 Å². The predicted molar refractivity (Wildman–Crippen MR) is 69.3 cm³/mol. The average Bonchev–Trinajstić information content (AvgIpc) is 2.42. The van der Waals surface area contributed by atoms with Crippen LogP contribution in [0.4, 0.5) is 0 Å². The normalized spacial score (nSPS) is 11.5. The number of phenolic OH excluding ortho intramolecular Hbond substituents is 1. The molecule has 0 saturated carbocycles. The highest BCUT2D eigenvalue weighted by Crippen LogP contribution is 2.26. The molecule has 0 fully saturated rings. The molecule has 1 aromatic carbocycles. The lowest BCUT2D eigenvalue weighted by Gasteiger charge is -2.05. The Kier molecular flexibility index (Phi) is 4.94. The van der Waals surface area contributed by atoms with Crippen molar-refractivity contribution in [3.8, 4) is 23.6 Å². The molecule has 0 bridgehead atoms. The minimum atomic E-state index is -0.248. The second kappa shape index (κ2) is 6.67. The van der Waals surface area contributed by atoms with Crippen molar-refractivity contribution in [1.82, 2.24) is 0 Å². The first kappa shape index (κ1) is 14.1. The van der Waals surface area contributed by atoms with Crippen LogP contribution in [0.1, 0.15) is 12.5 Å². The van der Waals surface area contributed by atoms with E-state index in [-0.39, 0.29) is 17.1 Å². The van der Waals surface area contributed by atoms with Gasteiger partial charge >= 0.3 is 0 Å². The molecule has 0 unspecified atom stereocenters. The molecule has 0 aliphatic carbocycles. The summed E-state index contributed by atoms with van der Waals surface area (Å²) in [6, 6.07) is 8.00. The zero-order chi connectivity index (χ0) is 14.3. The third-order valence-corrected chi connectivity index (χ3v) is 2.11. The molecule has 0 aliphatic rings. The summed E-state index contributed by atoms with van der Waals surface area (Å²) in [6.07, 6.45) is 1.37. The standard InChI is InChI=1S/C13H12N4O2/c1-2-19-13-5-9(3-4-12(13)18)8-17-11(7-15)10(16)6-14/h3-5,8,18H,2,16H2,1H3. The topological polar surface area (TPSA) is 115 Å². The Labute approximate surface area is 110 Å². The molecular formula is C13H12N4O2. The first-order valence-corrected chi connectivity index (χ1v) is 5.42. The Morgan fingerprint density at radius 3 is 2.79 bits per heavy atom. The van der Waals surface area contributed by atoms with Gasteiger partial charge in [-0.25, -0.2) is 4.99 Å². The van der Waals surface area contributed by atoms with E-state index >= 15 is 0 Å². The third-order valence-electron chi connectivity index (χ3n) is 2.11. The molecule has 1 aromatic rings. The molecule has 0 amide bonds. The molecule has 0 heterocycles. The molecule has 6 nitrogen and oxygen atoms in total. The van der Waals surface area contributed by atoms with Crippen LogP contribution in [0, 0.1) is 22.7 Å². The van der Waals surface area contributed by atoms with Gasteiger partial charge in [0.1, 0.15) is 17.8 Å². The number of hydrogen-bond donors (Lipinski definition) is 2. The molecule has 0 saturated heterocycles. The van der Waals surface area contributed by atoms with E-state index in [1.807, 2.05) is 0 Å². The second-order valence-electron chi connectivity index (χ2n) is 3.40. The Balaban J connectivity index is 3.04. The number of nitrogens with two attached hydrogens (primary N) is 1. The number of rotatable bonds is 4. The number of aliphatic imine (C=N–C) groups is 1. The minimum absolute atomic E-state index is 0.0200. The van der Waals surface area contributed by atoms with E-state index < -0.39 is 0 Å². The van der Waals surface area contributed by atoms with Crippen LogP contribution in [0.2, 0.25) is 0 Å². The summed E-state index contributed by atoms with van der Waals surface area (Å²) in [5.41, 5.74) is 5.52. The van der Waals surface area contributed by atoms with E-state index in [0.29, 0.717) is 17.9 Å². The molecule has 19 heavy (non-hydrogen) atoms. The minimum Gasteiger partial charge on any atom is -0.504 e.